The van der Waals surface area contributed by atoms with Gasteiger partial charge in [-0.2, -0.15) is 0 Å². The van der Waals surface area contributed by atoms with Crippen LogP contribution in [0.3, 0.4) is 0 Å². The second kappa shape index (κ2) is 5.15. The lowest BCUT2D eigenvalue weighted by atomic mass is 9.95. The largest absolute Gasteiger partial charge is 0.365 e. The van der Waals surface area contributed by atoms with Crippen LogP contribution >= 0.6 is 11.6 Å². The summed E-state index contributed by atoms with van der Waals surface area (Å²) in [6.07, 6.45) is 6.60. The number of hydrogen-bond donors (Lipinski definition) is 1. The summed E-state index contributed by atoms with van der Waals surface area (Å²) in [5.74, 6) is 0.964. The fourth-order valence-corrected chi connectivity index (χ4v) is 3.00. The Morgan fingerprint density at radius 1 is 1.11 bits per heavy atom. The standard InChI is InChI=1S/C15H17ClN2/c16-13-7-3-4-8-14(13)18-15-12-6-2-1-5-11(12)9-10-17-15/h1-2,5-6,9-10,13-14H,3-4,7-8H2,(H,17,18). The van der Waals surface area contributed by atoms with Gasteiger partial charge in [0, 0.05) is 17.6 Å². The molecule has 2 unspecified atom stereocenters. The predicted molar refractivity (Wildman–Crippen MR) is 77.3 cm³/mol. The van der Waals surface area contributed by atoms with Gasteiger partial charge in [-0.25, -0.2) is 4.98 Å². The molecular formula is C15H17ClN2. The molecule has 0 saturated heterocycles. The third-order valence-electron chi connectivity index (χ3n) is 3.68. The molecule has 0 bridgehead atoms. The normalized spacial score (nSPS) is 24.1. The number of fused-ring (bicyclic) bond motifs is 1. The molecule has 0 aliphatic heterocycles. The summed E-state index contributed by atoms with van der Waals surface area (Å²) in [4.78, 5) is 4.47. The summed E-state index contributed by atoms with van der Waals surface area (Å²) in [7, 11) is 0. The average molecular weight is 261 g/mol. The first kappa shape index (κ1) is 11.8. The highest BCUT2D eigenvalue weighted by molar-refractivity contribution is 6.21. The molecule has 1 aromatic heterocycles. The lowest BCUT2D eigenvalue weighted by Crippen LogP contribution is -2.33. The number of pyridine rings is 1. The lowest BCUT2D eigenvalue weighted by Gasteiger charge is -2.28. The highest BCUT2D eigenvalue weighted by Crippen LogP contribution is 2.28. The Labute approximate surface area is 112 Å². The molecular weight excluding hydrogens is 244 g/mol. The van der Waals surface area contributed by atoms with Crippen molar-refractivity contribution in [1.29, 1.82) is 0 Å². The lowest BCUT2D eigenvalue weighted by molar-refractivity contribution is 0.469. The predicted octanol–water partition coefficient (Wildman–Crippen LogP) is 4.20. The van der Waals surface area contributed by atoms with Crippen LogP contribution in [0.2, 0.25) is 0 Å². The molecule has 0 radical (unpaired) electrons. The maximum atomic E-state index is 6.39. The van der Waals surface area contributed by atoms with Crippen LogP contribution in [0.4, 0.5) is 5.82 Å². The van der Waals surface area contributed by atoms with E-state index in [0.717, 1.165) is 18.7 Å². The molecule has 18 heavy (non-hydrogen) atoms. The minimum absolute atomic E-state index is 0.222. The maximum Gasteiger partial charge on any atom is 0.134 e. The SMILES string of the molecule is ClC1CCCCC1Nc1nccc2ccccc12. The summed E-state index contributed by atoms with van der Waals surface area (Å²) < 4.78 is 0. The molecule has 0 spiro atoms. The van der Waals surface area contributed by atoms with E-state index in [4.69, 9.17) is 11.6 Å². The molecule has 3 heteroatoms. The number of nitrogens with one attached hydrogen (secondary N) is 1. The molecule has 1 heterocycles. The third-order valence-corrected chi connectivity index (χ3v) is 4.20. The molecule has 1 aliphatic rings. The van der Waals surface area contributed by atoms with Crippen LogP contribution in [0.1, 0.15) is 25.7 Å². The maximum absolute atomic E-state index is 6.39. The molecule has 1 N–H and O–H groups in total. The zero-order chi connectivity index (χ0) is 12.4. The van der Waals surface area contributed by atoms with Crippen LogP contribution in [0, 0.1) is 0 Å². The van der Waals surface area contributed by atoms with Gasteiger partial charge < -0.3 is 5.32 Å². The van der Waals surface area contributed by atoms with Crippen molar-refractivity contribution in [1.82, 2.24) is 4.98 Å². The van der Waals surface area contributed by atoms with Gasteiger partial charge in [0.05, 0.1) is 5.38 Å². The van der Waals surface area contributed by atoms with Crippen LogP contribution in [0.5, 0.6) is 0 Å². The Morgan fingerprint density at radius 3 is 2.83 bits per heavy atom. The molecule has 1 aromatic carbocycles. The van der Waals surface area contributed by atoms with Crippen LogP contribution in [-0.2, 0) is 0 Å². The van der Waals surface area contributed by atoms with E-state index in [1.54, 1.807) is 0 Å². The summed E-state index contributed by atoms with van der Waals surface area (Å²) in [6.45, 7) is 0. The molecule has 2 atom stereocenters. The first-order valence-electron chi connectivity index (χ1n) is 6.59. The fourth-order valence-electron chi connectivity index (χ4n) is 2.66. The number of hydrogen-bond acceptors (Lipinski definition) is 2. The van der Waals surface area contributed by atoms with Crippen LogP contribution < -0.4 is 5.32 Å². The minimum Gasteiger partial charge on any atom is -0.365 e. The van der Waals surface area contributed by atoms with Gasteiger partial charge in [0.25, 0.3) is 0 Å². The number of halogens is 1. The van der Waals surface area contributed by atoms with Crippen LogP contribution in [0.25, 0.3) is 10.8 Å². The van der Waals surface area contributed by atoms with Gasteiger partial charge in [0.2, 0.25) is 0 Å². The summed E-state index contributed by atoms with van der Waals surface area (Å²) in [5, 5.41) is 6.15. The number of benzene rings is 1. The van der Waals surface area contributed by atoms with Crippen molar-refractivity contribution in [2.24, 2.45) is 0 Å². The Balaban J connectivity index is 1.90. The van der Waals surface area contributed by atoms with Crippen molar-refractivity contribution in [2.45, 2.75) is 37.1 Å². The zero-order valence-electron chi connectivity index (χ0n) is 10.3. The van der Waals surface area contributed by atoms with Crippen LogP contribution in [-0.4, -0.2) is 16.4 Å². The Morgan fingerprint density at radius 2 is 1.94 bits per heavy atom. The van der Waals surface area contributed by atoms with Gasteiger partial charge >= 0.3 is 0 Å². The third kappa shape index (κ3) is 2.30. The summed E-state index contributed by atoms with van der Waals surface area (Å²) >= 11 is 6.39. The van der Waals surface area contributed by atoms with Crippen molar-refractivity contribution in [3.8, 4) is 0 Å². The van der Waals surface area contributed by atoms with E-state index in [9.17, 15) is 0 Å². The fraction of sp³-hybridized carbons (Fsp3) is 0.400. The first-order valence-corrected chi connectivity index (χ1v) is 7.02. The van der Waals surface area contributed by atoms with Crippen molar-refractivity contribution in [3.63, 3.8) is 0 Å². The highest BCUT2D eigenvalue weighted by atomic mass is 35.5. The minimum atomic E-state index is 0.222. The number of aromatic nitrogens is 1. The van der Waals surface area contributed by atoms with E-state index in [-0.39, 0.29) is 5.38 Å². The molecule has 1 aliphatic carbocycles. The molecule has 1 saturated carbocycles. The van der Waals surface area contributed by atoms with Gasteiger partial charge in [-0.15, -0.1) is 11.6 Å². The second-order valence-corrected chi connectivity index (χ2v) is 5.49. The Kier molecular flexibility index (Phi) is 3.37. The summed E-state index contributed by atoms with van der Waals surface area (Å²) in [6, 6.07) is 10.7. The number of rotatable bonds is 2. The number of nitrogens with zero attached hydrogens (tertiary/aromatic N) is 1. The van der Waals surface area contributed by atoms with Crippen molar-refractivity contribution in [3.05, 3.63) is 36.5 Å². The van der Waals surface area contributed by atoms with Crippen molar-refractivity contribution < 1.29 is 0 Å². The van der Waals surface area contributed by atoms with Crippen LogP contribution in [0.15, 0.2) is 36.5 Å². The molecule has 3 rings (SSSR count). The topological polar surface area (TPSA) is 24.9 Å². The number of anilines is 1. The zero-order valence-corrected chi connectivity index (χ0v) is 11.0. The first-order chi connectivity index (χ1) is 8.84. The van der Waals surface area contributed by atoms with E-state index in [1.165, 1.54) is 23.6 Å². The molecule has 94 valence electrons. The van der Waals surface area contributed by atoms with Gasteiger partial charge in [0.15, 0.2) is 0 Å². The molecule has 2 aromatic rings. The number of alkyl halides is 1. The highest BCUT2D eigenvalue weighted by Gasteiger charge is 2.23. The Hall–Kier alpha value is -1.28. The van der Waals surface area contributed by atoms with E-state index < -0.39 is 0 Å². The molecule has 1 fully saturated rings. The Bertz CT molecular complexity index is 536. The van der Waals surface area contributed by atoms with E-state index in [0.29, 0.717) is 6.04 Å². The van der Waals surface area contributed by atoms with Gasteiger partial charge in [-0.05, 0) is 24.3 Å². The van der Waals surface area contributed by atoms with Crippen molar-refractivity contribution in [2.75, 3.05) is 5.32 Å². The quantitative estimate of drug-likeness (QED) is 0.819. The summed E-state index contributed by atoms with van der Waals surface area (Å²) in [5.41, 5.74) is 0. The molecule has 2 nitrogen and oxygen atoms in total. The second-order valence-electron chi connectivity index (χ2n) is 4.93. The van der Waals surface area contributed by atoms with E-state index >= 15 is 0 Å². The average Bonchev–Trinajstić information content (AvgIpc) is 2.42. The smallest absolute Gasteiger partial charge is 0.134 e. The van der Waals surface area contributed by atoms with Crippen molar-refractivity contribution >= 4 is 28.2 Å². The monoisotopic (exact) mass is 260 g/mol. The van der Waals surface area contributed by atoms with Gasteiger partial charge in [0.1, 0.15) is 5.82 Å². The van der Waals surface area contributed by atoms with E-state index in [1.807, 2.05) is 18.3 Å². The van der Waals surface area contributed by atoms with Gasteiger partial charge in [-0.3, -0.25) is 0 Å². The van der Waals surface area contributed by atoms with Gasteiger partial charge in [-0.1, -0.05) is 37.1 Å². The van der Waals surface area contributed by atoms with E-state index in [2.05, 4.69) is 28.5 Å². The molecule has 0 amide bonds.